The van der Waals surface area contributed by atoms with E-state index in [0.717, 1.165) is 60.1 Å². The van der Waals surface area contributed by atoms with E-state index in [9.17, 15) is 48.3 Å². The number of halogens is 3. The van der Waals surface area contributed by atoms with Crippen molar-refractivity contribution in [1.82, 2.24) is 4.90 Å². The summed E-state index contributed by atoms with van der Waals surface area (Å²) in [5.74, 6) is -2.28. The zero-order chi connectivity index (χ0) is 36.2. The molecule has 4 aromatic rings. The smallest absolute Gasteiger partial charge is 0.416 e. The molecule has 0 amide bonds. The first kappa shape index (κ1) is 36.9. The van der Waals surface area contributed by atoms with Crippen LogP contribution in [-0.4, -0.2) is 93.4 Å². The van der Waals surface area contributed by atoms with Gasteiger partial charge in [0, 0.05) is 6.54 Å². The predicted molar refractivity (Wildman–Crippen MR) is 177 cm³/mol. The first-order chi connectivity index (χ1) is 23.7. The molecule has 10 nitrogen and oxygen atoms in total. The fourth-order valence-corrected chi connectivity index (χ4v) is 6.20. The first-order valence-electron chi connectivity index (χ1n) is 16.1. The standard InChI is InChI=1S/C37H38F3NO9/c1-21(42)32(34(45)46)50-36(35(47)48)49-17-16-41-14-12-24(13-15-41)22-2-4-25(5-3-22)31-20-28(33(43)44)19-27-18-26(8-11-30(27)31)23-6-9-29(10-7-23)37(38,39)40/h2-11,18-21,24,32,35-36,42,47-48H,12-17H2,1H3,(H,43,44)(H,45,46). The van der Waals surface area contributed by atoms with Crippen LogP contribution in [0.15, 0.2) is 78.9 Å². The molecule has 3 unspecified atom stereocenters. The number of fused-ring (bicyclic) bond motifs is 1. The number of benzene rings is 4. The summed E-state index contributed by atoms with van der Waals surface area (Å²) in [4.78, 5) is 25.5. The number of alkyl halides is 3. The summed E-state index contributed by atoms with van der Waals surface area (Å²) < 4.78 is 49.6. The molecule has 1 aliphatic rings. The molecule has 0 aliphatic carbocycles. The number of ether oxygens (including phenoxy) is 2. The second-order valence-corrected chi connectivity index (χ2v) is 12.4. The van der Waals surface area contributed by atoms with Crippen molar-refractivity contribution in [3.05, 3.63) is 95.6 Å². The maximum Gasteiger partial charge on any atom is 0.416 e. The predicted octanol–water partition coefficient (Wildman–Crippen LogP) is 5.57. The van der Waals surface area contributed by atoms with Crippen molar-refractivity contribution in [2.75, 3.05) is 26.2 Å². The van der Waals surface area contributed by atoms with Gasteiger partial charge in [0.2, 0.25) is 12.6 Å². The molecule has 5 rings (SSSR count). The number of hydrogen-bond acceptors (Lipinski definition) is 8. The molecule has 0 radical (unpaired) electrons. The molecule has 1 fully saturated rings. The van der Waals surface area contributed by atoms with E-state index in [0.29, 0.717) is 23.1 Å². The van der Waals surface area contributed by atoms with Crippen LogP contribution in [0.25, 0.3) is 33.0 Å². The number of carboxylic acid groups (broad SMARTS) is 2. The summed E-state index contributed by atoms with van der Waals surface area (Å²) in [6.45, 7) is 3.17. The summed E-state index contributed by atoms with van der Waals surface area (Å²) in [7, 11) is 0. The van der Waals surface area contributed by atoms with Gasteiger partial charge in [-0.15, -0.1) is 0 Å². The lowest BCUT2D eigenvalue weighted by atomic mass is 9.87. The van der Waals surface area contributed by atoms with Gasteiger partial charge in [-0.1, -0.05) is 48.5 Å². The molecule has 0 spiro atoms. The van der Waals surface area contributed by atoms with E-state index in [1.807, 2.05) is 36.4 Å². The topological polar surface area (TPSA) is 157 Å². The molecule has 3 atom stereocenters. The van der Waals surface area contributed by atoms with Gasteiger partial charge >= 0.3 is 18.1 Å². The Morgan fingerprint density at radius 3 is 2.04 bits per heavy atom. The molecule has 1 aliphatic heterocycles. The zero-order valence-electron chi connectivity index (χ0n) is 27.1. The molecule has 50 heavy (non-hydrogen) atoms. The summed E-state index contributed by atoms with van der Waals surface area (Å²) >= 11 is 0. The molecule has 4 aromatic carbocycles. The van der Waals surface area contributed by atoms with Crippen molar-refractivity contribution in [2.45, 2.75) is 56.6 Å². The highest BCUT2D eigenvalue weighted by atomic mass is 19.4. The molecule has 0 saturated carbocycles. The Morgan fingerprint density at radius 1 is 0.860 bits per heavy atom. The Bertz CT molecular complexity index is 1790. The highest BCUT2D eigenvalue weighted by Crippen LogP contribution is 2.36. The summed E-state index contributed by atoms with van der Waals surface area (Å²) in [5, 5.41) is 49.2. The van der Waals surface area contributed by atoms with Crippen LogP contribution in [0.3, 0.4) is 0 Å². The number of aliphatic carboxylic acids is 1. The van der Waals surface area contributed by atoms with E-state index >= 15 is 0 Å². The van der Waals surface area contributed by atoms with Gasteiger partial charge in [0.05, 0.1) is 23.8 Å². The second-order valence-electron chi connectivity index (χ2n) is 12.4. The normalized spacial score (nSPS) is 16.4. The molecule has 1 heterocycles. The number of rotatable bonds is 13. The SMILES string of the molecule is CC(O)C(OC(OCCN1CCC(c2ccc(-c3cc(C(=O)O)cc4cc(-c5ccc(C(F)(F)F)cc5)ccc34)cc2)CC1)C(O)O)C(=O)O. The molecule has 5 N–H and O–H groups in total. The highest BCUT2D eigenvalue weighted by Gasteiger charge is 2.32. The minimum atomic E-state index is -4.44. The van der Waals surface area contributed by atoms with Gasteiger partial charge in [-0.05, 0) is 108 Å². The number of piperidine rings is 1. The third kappa shape index (κ3) is 8.85. The minimum Gasteiger partial charge on any atom is -0.479 e. The Balaban J connectivity index is 1.24. The third-order valence-electron chi connectivity index (χ3n) is 8.92. The van der Waals surface area contributed by atoms with Gasteiger partial charge in [-0.25, -0.2) is 9.59 Å². The van der Waals surface area contributed by atoms with Crippen LogP contribution in [0.1, 0.15) is 47.2 Å². The lowest BCUT2D eigenvalue weighted by molar-refractivity contribution is -0.276. The number of aromatic carboxylic acids is 1. The third-order valence-corrected chi connectivity index (χ3v) is 8.92. The molecule has 0 bridgehead atoms. The van der Waals surface area contributed by atoms with E-state index in [1.165, 1.54) is 19.1 Å². The van der Waals surface area contributed by atoms with Gasteiger partial charge in [-0.3, -0.25) is 0 Å². The van der Waals surface area contributed by atoms with Crippen LogP contribution in [-0.2, 0) is 20.4 Å². The molecular formula is C37H38F3NO9. The Kier molecular flexibility index (Phi) is 11.6. The Hall–Kier alpha value is -4.37. The molecule has 13 heteroatoms. The lowest BCUT2D eigenvalue weighted by Gasteiger charge is -2.33. The van der Waals surface area contributed by atoms with E-state index in [-0.39, 0.29) is 18.1 Å². The molecule has 0 aromatic heterocycles. The monoisotopic (exact) mass is 697 g/mol. The summed E-state index contributed by atoms with van der Waals surface area (Å²) in [5.41, 5.74) is 3.26. The fraction of sp³-hybridized carbons (Fsp3) is 0.351. The largest absolute Gasteiger partial charge is 0.479 e. The maximum atomic E-state index is 13.1. The Labute approximate surface area is 285 Å². The Morgan fingerprint density at radius 2 is 1.48 bits per heavy atom. The van der Waals surface area contributed by atoms with Crippen molar-refractivity contribution >= 4 is 22.7 Å². The average molecular weight is 698 g/mol. The second kappa shape index (κ2) is 15.7. The summed E-state index contributed by atoms with van der Waals surface area (Å²) in [6, 6.07) is 21.4. The van der Waals surface area contributed by atoms with Crippen LogP contribution in [0.2, 0.25) is 0 Å². The number of nitrogens with zero attached hydrogens (tertiary/aromatic N) is 1. The number of hydrogen-bond donors (Lipinski definition) is 5. The number of carboxylic acids is 2. The van der Waals surface area contributed by atoms with Crippen molar-refractivity contribution in [3.8, 4) is 22.3 Å². The van der Waals surface area contributed by atoms with Gasteiger partial charge in [0.25, 0.3) is 0 Å². The lowest BCUT2D eigenvalue weighted by Crippen LogP contribution is -2.44. The number of likely N-dealkylation sites (tertiary alicyclic amines) is 1. The molecular weight excluding hydrogens is 659 g/mol. The van der Waals surface area contributed by atoms with E-state index in [2.05, 4.69) is 4.90 Å². The quantitative estimate of drug-likeness (QED) is 0.112. The zero-order valence-corrected chi connectivity index (χ0v) is 27.1. The minimum absolute atomic E-state index is 0.0446. The number of carbonyl (C=O) groups is 2. The molecule has 1 saturated heterocycles. The van der Waals surface area contributed by atoms with E-state index in [4.69, 9.17) is 9.47 Å². The van der Waals surface area contributed by atoms with Crippen molar-refractivity contribution in [2.24, 2.45) is 0 Å². The number of aliphatic hydroxyl groups excluding tert-OH is 2. The first-order valence-corrected chi connectivity index (χ1v) is 16.1. The van der Waals surface area contributed by atoms with Crippen molar-refractivity contribution in [1.29, 1.82) is 0 Å². The number of aliphatic hydroxyl groups is 3. The van der Waals surface area contributed by atoms with Crippen LogP contribution in [0.4, 0.5) is 13.2 Å². The fourth-order valence-electron chi connectivity index (χ4n) is 6.20. The van der Waals surface area contributed by atoms with Gasteiger partial charge < -0.3 is 39.9 Å². The van der Waals surface area contributed by atoms with Crippen LogP contribution < -0.4 is 0 Å². The van der Waals surface area contributed by atoms with Crippen LogP contribution in [0.5, 0.6) is 0 Å². The maximum absolute atomic E-state index is 13.1. The average Bonchev–Trinajstić information content (AvgIpc) is 3.08. The van der Waals surface area contributed by atoms with Gasteiger partial charge in [0.1, 0.15) is 0 Å². The van der Waals surface area contributed by atoms with Gasteiger partial charge in [0.15, 0.2) is 6.10 Å². The highest BCUT2D eigenvalue weighted by molar-refractivity contribution is 6.04. The molecule has 266 valence electrons. The van der Waals surface area contributed by atoms with Crippen LogP contribution >= 0.6 is 0 Å². The van der Waals surface area contributed by atoms with Crippen molar-refractivity contribution in [3.63, 3.8) is 0 Å². The summed E-state index contributed by atoms with van der Waals surface area (Å²) in [6.07, 6.45) is -9.57. The van der Waals surface area contributed by atoms with E-state index in [1.54, 1.807) is 18.2 Å². The van der Waals surface area contributed by atoms with E-state index < -0.39 is 48.5 Å². The van der Waals surface area contributed by atoms with Crippen molar-refractivity contribution < 1.29 is 57.8 Å². The van der Waals surface area contributed by atoms with Gasteiger partial charge in [-0.2, -0.15) is 13.2 Å². The van der Waals surface area contributed by atoms with Crippen LogP contribution in [0, 0.1) is 0 Å².